The van der Waals surface area contributed by atoms with Gasteiger partial charge in [-0.25, -0.2) is 14.2 Å². The van der Waals surface area contributed by atoms with Crippen molar-refractivity contribution in [3.05, 3.63) is 58.8 Å². The number of rotatable bonds is 13. The second-order valence-electron chi connectivity index (χ2n) is 7.88. The fraction of sp³-hybridized carbons (Fsp3) is 0.423. The van der Waals surface area contributed by atoms with Gasteiger partial charge in [-0.1, -0.05) is 51.2 Å². The summed E-state index contributed by atoms with van der Waals surface area (Å²) in [6, 6.07) is 9.23. The fourth-order valence-corrected chi connectivity index (χ4v) is 3.54. The number of ether oxygens (including phenoxy) is 2. The van der Waals surface area contributed by atoms with Gasteiger partial charge in [-0.05, 0) is 42.7 Å². The topological polar surface area (TPSA) is 78.6 Å². The molecule has 7 heteroatoms. The lowest BCUT2D eigenvalue weighted by Crippen LogP contribution is -2.05. The summed E-state index contributed by atoms with van der Waals surface area (Å²) in [5, 5.41) is 0.583. The minimum absolute atomic E-state index is 0.135. The van der Waals surface area contributed by atoms with Gasteiger partial charge in [0.2, 0.25) is 5.71 Å². The molecule has 3 aromatic rings. The van der Waals surface area contributed by atoms with Gasteiger partial charge < -0.3 is 13.9 Å². The lowest BCUT2D eigenvalue weighted by atomic mass is 10.1. The van der Waals surface area contributed by atoms with E-state index >= 15 is 0 Å². The van der Waals surface area contributed by atoms with Crippen LogP contribution in [0.5, 0.6) is 5.75 Å². The van der Waals surface area contributed by atoms with Gasteiger partial charge in [0.25, 0.3) is 0 Å². The molecule has 0 amide bonds. The van der Waals surface area contributed by atoms with Crippen molar-refractivity contribution < 1.29 is 23.1 Å². The summed E-state index contributed by atoms with van der Waals surface area (Å²) in [4.78, 5) is 27.5. The van der Waals surface area contributed by atoms with E-state index in [9.17, 15) is 14.0 Å². The first-order valence-corrected chi connectivity index (χ1v) is 11.6. The Morgan fingerprint density at radius 1 is 1.00 bits per heavy atom. The van der Waals surface area contributed by atoms with Gasteiger partial charge in [-0.15, -0.1) is 0 Å². The molecule has 0 aliphatic rings. The summed E-state index contributed by atoms with van der Waals surface area (Å²) < 4.78 is 30.0. The molecule has 3 rings (SSSR count). The SMILES string of the molecule is CCC(=O)OCCCCCCCCCOc1ccnc2oc(=O)c(-c3cccc(F)c3)cc12. The highest BCUT2D eigenvalue weighted by Crippen LogP contribution is 2.27. The van der Waals surface area contributed by atoms with Gasteiger partial charge in [0, 0.05) is 12.6 Å². The number of aromatic nitrogens is 1. The van der Waals surface area contributed by atoms with Gasteiger partial charge in [0.15, 0.2) is 0 Å². The summed E-state index contributed by atoms with van der Waals surface area (Å²) in [5.74, 6) is 0.0296. The van der Waals surface area contributed by atoms with Crippen LogP contribution in [0.3, 0.4) is 0 Å². The molecule has 0 saturated heterocycles. The largest absolute Gasteiger partial charge is 0.493 e. The van der Waals surface area contributed by atoms with Crippen molar-refractivity contribution in [1.29, 1.82) is 0 Å². The number of hydrogen-bond acceptors (Lipinski definition) is 6. The molecule has 0 unspecified atom stereocenters. The summed E-state index contributed by atoms with van der Waals surface area (Å²) >= 11 is 0. The van der Waals surface area contributed by atoms with E-state index in [-0.39, 0.29) is 17.2 Å². The van der Waals surface area contributed by atoms with E-state index in [1.807, 2.05) is 0 Å². The number of hydrogen-bond donors (Lipinski definition) is 0. The molecule has 0 aliphatic heterocycles. The highest BCUT2D eigenvalue weighted by Gasteiger charge is 2.12. The third-order valence-corrected chi connectivity index (χ3v) is 5.35. The van der Waals surface area contributed by atoms with Gasteiger partial charge in [-0.3, -0.25) is 4.79 Å². The van der Waals surface area contributed by atoms with Crippen LogP contribution in [0.15, 0.2) is 51.8 Å². The van der Waals surface area contributed by atoms with Gasteiger partial charge in [-0.2, -0.15) is 0 Å². The molecule has 6 nitrogen and oxygen atoms in total. The maximum atomic E-state index is 13.6. The summed E-state index contributed by atoms with van der Waals surface area (Å²) in [7, 11) is 0. The summed E-state index contributed by atoms with van der Waals surface area (Å²) in [5.41, 5.74) is 0.344. The molecular weight excluding hydrogens is 425 g/mol. The number of esters is 1. The predicted octanol–water partition coefficient (Wildman–Crippen LogP) is 6.06. The van der Waals surface area contributed by atoms with Crippen LogP contribution in [0, 0.1) is 5.82 Å². The quantitative estimate of drug-likeness (QED) is 0.230. The zero-order valence-corrected chi connectivity index (χ0v) is 19.0. The Morgan fingerprint density at radius 2 is 1.73 bits per heavy atom. The molecule has 0 fully saturated rings. The predicted molar refractivity (Wildman–Crippen MR) is 125 cm³/mol. The molecule has 0 radical (unpaired) electrons. The van der Waals surface area contributed by atoms with Crippen LogP contribution >= 0.6 is 0 Å². The van der Waals surface area contributed by atoms with Crippen LogP contribution in [-0.2, 0) is 9.53 Å². The van der Waals surface area contributed by atoms with E-state index in [1.54, 1.807) is 37.4 Å². The summed E-state index contributed by atoms with van der Waals surface area (Å²) in [6.07, 6.45) is 9.30. The van der Waals surface area contributed by atoms with Crippen molar-refractivity contribution >= 4 is 17.1 Å². The minimum Gasteiger partial charge on any atom is -0.493 e. The Bertz CT molecular complexity index is 1110. The van der Waals surface area contributed by atoms with E-state index in [4.69, 9.17) is 13.9 Å². The zero-order valence-electron chi connectivity index (χ0n) is 19.0. The Morgan fingerprint density at radius 3 is 2.45 bits per heavy atom. The highest BCUT2D eigenvalue weighted by atomic mass is 19.1. The van der Waals surface area contributed by atoms with Crippen LogP contribution < -0.4 is 10.4 Å². The first kappa shape index (κ1) is 24.4. The number of benzene rings is 1. The lowest BCUT2D eigenvalue weighted by Gasteiger charge is -2.09. The Balaban J connectivity index is 1.46. The maximum Gasteiger partial charge on any atom is 0.345 e. The van der Waals surface area contributed by atoms with E-state index in [2.05, 4.69) is 4.98 Å². The number of halogens is 1. The van der Waals surface area contributed by atoms with Crippen LogP contribution in [-0.4, -0.2) is 24.2 Å². The first-order valence-electron chi connectivity index (χ1n) is 11.6. The second-order valence-corrected chi connectivity index (χ2v) is 7.88. The van der Waals surface area contributed by atoms with Crippen LogP contribution in [0.25, 0.3) is 22.2 Å². The van der Waals surface area contributed by atoms with Crippen molar-refractivity contribution in [2.75, 3.05) is 13.2 Å². The number of nitrogens with zero attached hydrogens (tertiary/aromatic N) is 1. The third kappa shape index (κ3) is 7.41. The summed E-state index contributed by atoms with van der Waals surface area (Å²) in [6.45, 7) is 2.85. The smallest absolute Gasteiger partial charge is 0.345 e. The molecule has 0 spiro atoms. The number of pyridine rings is 1. The number of carbonyl (C=O) groups is 1. The van der Waals surface area contributed by atoms with Gasteiger partial charge in [0.05, 0.1) is 24.2 Å². The Hall–Kier alpha value is -3.22. The normalized spacial score (nSPS) is 11.0. The average Bonchev–Trinajstić information content (AvgIpc) is 2.81. The highest BCUT2D eigenvalue weighted by molar-refractivity contribution is 5.84. The molecular formula is C26H30FNO5. The van der Waals surface area contributed by atoms with Crippen molar-refractivity contribution in [1.82, 2.24) is 4.98 Å². The molecule has 0 N–H and O–H groups in total. The number of fused-ring (bicyclic) bond motifs is 1. The Labute approximate surface area is 192 Å². The molecule has 176 valence electrons. The zero-order chi connectivity index (χ0) is 23.5. The third-order valence-electron chi connectivity index (χ3n) is 5.35. The maximum absolute atomic E-state index is 13.6. The lowest BCUT2D eigenvalue weighted by molar-refractivity contribution is -0.143. The van der Waals surface area contributed by atoms with Crippen LogP contribution in [0.2, 0.25) is 0 Å². The number of unbranched alkanes of at least 4 members (excludes halogenated alkanes) is 6. The van der Waals surface area contributed by atoms with Gasteiger partial charge in [0.1, 0.15) is 11.6 Å². The van der Waals surface area contributed by atoms with Crippen LogP contribution in [0.1, 0.15) is 58.3 Å². The van der Waals surface area contributed by atoms with E-state index < -0.39 is 11.4 Å². The van der Waals surface area contributed by atoms with Crippen molar-refractivity contribution in [2.45, 2.75) is 58.3 Å². The average molecular weight is 456 g/mol. The minimum atomic E-state index is -0.568. The molecule has 0 atom stereocenters. The van der Waals surface area contributed by atoms with E-state index in [1.165, 1.54) is 12.1 Å². The molecule has 2 heterocycles. The molecule has 2 aromatic heterocycles. The van der Waals surface area contributed by atoms with Crippen molar-refractivity contribution in [3.8, 4) is 16.9 Å². The molecule has 0 saturated carbocycles. The van der Waals surface area contributed by atoms with Crippen molar-refractivity contribution in [3.63, 3.8) is 0 Å². The monoisotopic (exact) mass is 455 g/mol. The standard InChI is InChI=1S/C26H30FNO5/c1-2-24(29)32-16-9-7-5-3-4-6-8-15-31-23-13-14-28-25-22(23)18-21(26(30)33-25)19-11-10-12-20(27)17-19/h10-14,17-18H,2-9,15-16H2,1H3. The van der Waals surface area contributed by atoms with E-state index in [0.717, 1.165) is 44.9 Å². The van der Waals surface area contributed by atoms with Crippen LogP contribution in [0.4, 0.5) is 4.39 Å². The molecule has 0 aliphatic carbocycles. The molecule has 0 bridgehead atoms. The first-order chi connectivity index (χ1) is 16.1. The molecule has 1 aromatic carbocycles. The molecule has 33 heavy (non-hydrogen) atoms. The fourth-order valence-electron chi connectivity index (χ4n) is 3.54. The van der Waals surface area contributed by atoms with E-state index in [0.29, 0.717) is 36.3 Å². The number of carbonyl (C=O) groups excluding carboxylic acids is 1. The van der Waals surface area contributed by atoms with Gasteiger partial charge >= 0.3 is 11.6 Å². The van der Waals surface area contributed by atoms with Crippen molar-refractivity contribution in [2.24, 2.45) is 0 Å². The second kappa shape index (κ2) is 12.7. The Kier molecular flexibility index (Phi) is 9.42.